The van der Waals surface area contributed by atoms with Crippen molar-refractivity contribution in [2.24, 2.45) is 0 Å². The van der Waals surface area contributed by atoms with Crippen LogP contribution in [0.2, 0.25) is 0 Å². The second-order valence-electron chi connectivity index (χ2n) is 14.5. The predicted octanol–water partition coefficient (Wildman–Crippen LogP) is 6.00. The van der Waals surface area contributed by atoms with Crippen LogP contribution in [0, 0.1) is 0 Å². The maximum Gasteiger partial charge on any atom is 0.253 e. The molecule has 2 amide bonds. The Morgan fingerprint density at radius 3 is 2.21 bits per heavy atom. The fraction of sp³-hybridized carbons (Fsp3) is 0.513. The Bertz CT molecular complexity index is 1530. The van der Waals surface area contributed by atoms with E-state index in [1.807, 2.05) is 37.3 Å². The molecule has 254 valence electrons. The number of carbonyl (C=O) groups excluding carboxylic acids is 2. The van der Waals surface area contributed by atoms with Crippen molar-refractivity contribution in [1.29, 1.82) is 0 Å². The Balaban J connectivity index is 0.911. The highest BCUT2D eigenvalue weighted by molar-refractivity contribution is 5.95. The lowest BCUT2D eigenvalue weighted by molar-refractivity contribution is 0.0923. The zero-order valence-electron chi connectivity index (χ0n) is 28.5. The molecule has 1 aliphatic carbocycles. The predicted molar refractivity (Wildman–Crippen MR) is 193 cm³/mol. The molecule has 1 saturated carbocycles. The molecule has 2 unspecified atom stereocenters. The normalized spacial score (nSPS) is 23.8. The fourth-order valence-corrected chi connectivity index (χ4v) is 8.25. The van der Waals surface area contributed by atoms with Crippen LogP contribution >= 0.6 is 0 Å². The number of pyridine rings is 1. The molecule has 3 aliphatic heterocycles. The van der Waals surface area contributed by atoms with E-state index in [9.17, 15) is 9.59 Å². The van der Waals surface area contributed by atoms with Crippen LogP contribution in [-0.4, -0.2) is 79.1 Å². The number of benzene rings is 2. The van der Waals surface area contributed by atoms with Crippen LogP contribution < -0.4 is 25.8 Å². The molecular formula is C39H51N7O2. The third-order valence-corrected chi connectivity index (χ3v) is 11.1. The molecule has 3 saturated heterocycles. The molecule has 3 atom stereocenters. The van der Waals surface area contributed by atoms with Gasteiger partial charge in [-0.2, -0.15) is 0 Å². The third-order valence-electron chi connectivity index (χ3n) is 11.1. The topological polar surface area (TPSA) is 92.8 Å². The van der Waals surface area contributed by atoms with Crippen molar-refractivity contribution in [3.05, 3.63) is 83.6 Å². The highest BCUT2D eigenvalue weighted by Crippen LogP contribution is 2.38. The minimum atomic E-state index is -0.118. The molecule has 48 heavy (non-hydrogen) atoms. The van der Waals surface area contributed by atoms with Crippen molar-refractivity contribution in [1.82, 2.24) is 20.5 Å². The summed E-state index contributed by atoms with van der Waals surface area (Å²) in [6.07, 6.45) is 12.0. The van der Waals surface area contributed by atoms with Gasteiger partial charge < -0.3 is 30.7 Å². The molecule has 4 fully saturated rings. The summed E-state index contributed by atoms with van der Waals surface area (Å²) in [5, 5.41) is 10.1. The van der Waals surface area contributed by atoms with Gasteiger partial charge in [0.2, 0.25) is 0 Å². The average molecular weight is 650 g/mol. The summed E-state index contributed by atoms with van der Waals surface area (Å²) in [4.78, 5) is 38.4. The van der Waals surface area contributed by atoms with E-state index in [1.165, 1.54) is 37.8 Å². The number of piperazine rings is 1. The summed E-state index contributed by atoms with van der Waals surface area (Å²) in [5.74, 6) is 0.804. The van der Waals surface area contributed by atoms with Crippen LogP contribution in [0.25, 0.3) is 0 Å². The van der Waals surface area contributed by atoms with Gasteiger partial charge in [0.25, 0.3) is 11.8 Å². The van der Waals surface area contributed by atoms with Crippen LogP contribution in [0.1, 0.15) is 97.0 Å². The van der Waals surface area contributed by atoms with E-state index >= 15 is 0 Å². The molecule has 0 spiro atoms. The van der Waals surface area contributed by atoms with Crippen molar-refractivity contribution < 1.29 is 9.59 Å². The van der Waals surface area contributed by atoms with Crippen LogP contribution in [0.4, 0.5) is 17.2 Å². The Morgan fingerprint density at radius 1 is 0.792 bits per heavy atom. The van der Waals surface area contributed by atoms with Crippen LogP contribution in [0.5, 0.6) is 0 Å². The quantitative estimate of drug-likeness (QED) is 0.262. The molecule has 0 radical (unpaired) electrons. The number of amides is 2. The SMILES string of the molecule is C[C@H](NC(=O)c1ccc(N2C3CCC2CC(NC(=O)c2cccc(NC4CCCCC4)c2)C3)nc1)c1ccc(N2CCN(C)CC2)cc1. The van der Waals surface area contributed by atoms with Gasteiger partial charge in [-0.15, -0.1) is 0 Å². The standard InChI is InChI=1S/C39H51N7O2/c1-27(28-11-14-34(15-12-28)45-21-19-44(2)20-22-45)41-39(48)30-13-18-37(40-26-30)46-35-16-17-36(46)25-33(24-35)43-38(47)29-7-6-10-32(23-29)42-31-8-4-3-5-9-31/h6-7,10-15,18,23,26-27,31,33,35-36,42H,3-5,8-9,16-17,19-22,24-25H2,1-2H3,(H,41,48)(H,43,47)/t27-,33?,35?,36?/m0/s1. The second kappa shape index (κ2) is 14.6. The van der Waals surface area contributed by atoms with Crippen molar-refractivity contribution in [2.75, 3.05) is 48.3 Å². The van der Waals surface area contributed by atoms with Crippen LogP contribution in [-0.2, 0) is 0 Å². The van der Waals surface area contributed by atoms with E-state index in [0.717, 1.165) is 74.5 Å². The number of nitrogens with zero attached hydrogens (tertiary/aromatic N) is 4. The summed E-state index contributed by atoms with van der Waals surface area (Å²) >= 11 is 0. The summed E-state index contributed by atoms with van der Waals surface area (Å²) in [7, 11) is 2.17. The highest BCUT2D eigenvalue weighted by atomic mass is 16.2. The van der Waals surface area contributed by atoms with Crippen molar-refractivity contribution >= 4 is 29.0 Å². The van der Waals surface area contributed by atoms with E-state index in [2.05, 4.69) is 68.0 Å². The Kier molecular flexibility index (Phi) is 9.84. The minimum absolute atomic E-state index is 0.00818. The Morgan fingerprint density at radius 2 is 1.52 bits per heavy atom. The van der Waals surface area contributed by atoms with Gasteiger partial charge in [0.05, 0.1) is 11.6 Å². The molecular weight excluding hydrogens is 598 g/mol. The molecule has 4 aliphatic rings. The van der Waals surface area contributed by atoms with Crippen molar-refractivity contribution in [3.63, 3.8) is 0 Å². The van der Waals surface area contributed by atoms with E-state index < -0.39 is 0 Å². The fourth-order valence-electron chi connectivity index (χ4n) is 8.25. The monoisotopic (exact) mass is 649 g/mol. The Hall–Kier alpha value is -4.11. The van der Waals surface area contributed by atoms with Gasteiger partial charge in [0.15, 0.2) is 0 Å². The number of carbonyl (C=O) groups is 2. The maximum atomic E-state index is 13.3. The number of anilines is 3. The first kappa shape index (κ1) is 32.4. The molecule has 9 nitrogen and oxygen atoms in total. The van der Waals surface area contributed by atoms with Gasteiger partial charge in [-0.3, -0.25) is 9.59 Å². The maximum absolute atomic E-state index is 13.3. The molecule has 4 heterocycles. The van der Waals surface area contributed by atoms with E-state index in [1.54, 1.807) is 6.20 Å². The van der Waals surface area contributed by atoms with Gasteiger partial charge in [0, 0.05) is 73.5 Å². The number of hydrogen-bond acceptors (Lipinski definition) is 7. The number of nitrogens with one attached hydrogen (secondary N) is 3. The first-order valence-electron chi connectivity index (χ1n) is 18.2. The first-order chi connectivity index (χ1) is 23.4. The van der Waals surface area contributed by atoms with Gasteiger partial charge in [-0.05, 0) is 101 Å². The number of fused-ring (bicyclic) bond motifs is 2. The van der Waals surface area contributed by atoms with E-state index in [-0.39, 0.29) is 23.9 Å². The van der Waals surface area contributed by atoms with Crippen LogP contribution in [0.15, 0.2) is 66.9 Å². The third kappa shape index (κ3) is 7.46. The molecule has 3 aromatic rings. The second-order valence-corrected chi connectivity index (χ2v) is 14.5. The molecule has 1 aromatic heterocycles. The van der Waals surface area contributed by atoms with Gasteiger partial charge in [-0.25, -0.2) is 4.98 Å². The van der Waals surface area contributed by atoms with Crippen molar-refractivity contribution in [2.45, 2.75) is 94.9 Å². The number of rotatable bonds is 9. The molecule has 2 aromatic carbocycles. The number of aromatic nitrogens is 1. The molecule has 9 heteroatoms. The Labute approximate surface area is 285 Å². The zero-order valence-corrected chi connectivity index (χ0v) is 28.5. The molecule has 3 N–H and O–H groups in total. The first-order valence-corrected chi connectivity index (χ1v) is 18.2. The number of piperidine rings is 1. The summed E-state index contributed by atoms with van der Waals surface area (Å²) in [5.41, 5.74) is 4.64. The van der Waals surface area contributed by atoms with E-state index in [0.29, 0.717) is 23.7 Å². The smallest absolute Gasteiger partial charge is 0.253 e. The van der Waals surface area contributed by atoms with E-state index in [4.69, 9.17) is 4.98 Å². The minimum Gasteiger partial charge on any atom is -0.382 e. The lowest BCUT2D eigenvalue weighted by Gasteiger charge is -2.40. The van der Waals surface area contributed by atoms with Gasteiger partial charge >= 0.3 is 0 Å². The highest BCUT2D eigenvalue weighted by Gasteiger charge is 2.42. The molecule has 2 bridgehead atoms. The molecule has 7 rings (SSSR count). The summed E-state index contributed by atoms with van der Waals surface area (Å²) < 4.78 is 0. The summed E-state index contributed by atoms with van der Waals surface area (Å²) in [6.45, 7) is 6.25. The van der Waals surface area contributed by atoms with Crippen molar-refractivity contribution in [3.8, 4) is 0 Å². The number of likely N-dealkylation sites (N-methyl/N-ethyl adjacent to an activating group) is 1. The lowest BCUT2D eigenvalue weighted by atomic mass is 9.95. The van der Waals surface area contributed by atoms with Crippen LogP contribution in [0.3, 0.4) is 0 Å². The summed E-state index contributed by atoms with van der Waals surface area (Å²) in [6, 6.07) is 21.6. The zero-order chi connectivity index (χ0) is 33.0. The average Bonchev–Trinajstić information content (AvgIpc) is 3.38. The number of hydrogen-bond donors (Lipinski definition) is 3. The largest absolute Gasteiger partial charge is 0.382 e. The lowest BCUT2D eigenvalue weighted by Crippen LogP contribution is -2.50. The van der Waals surface area contributed by atoms with Gasteiger partial charge in [0.1, 0.15) is 5.82 Å². The van der Waals surface area contributed by atoms with Gasteiger partial charge in [-0.1, -0.05) is 37.5 Å².